The van der Waals surface area contributed by atoms with E-state index in [9.17, 15) is 8.42 Å². The van der Waals surface area contributed by atoms with Crippen LogP contribution in [0.5, 0.6) is 0 Å². The molecule has 0 saturated heterocycles. The molecule has 0 aromatic rings. The maximum absolute atomic E-state index is 11.6. The third-order valence-corrected chi connectivity index (χ3v) is 4.61. The molecule has 0 spiro atoms. The molecule has 14 heavy (non-hydrogen) atoms. The van der Waals surface area contributed by atoms with Crippen molar-refractivity contribution < 1.29 is 8.42 Å². The Labute approximate surface area is 86.5 Å². The van der Waals surface area contributed by atoms with Crippen LogP contribution in [-0.2, 0) is 10.0 Å². The molecule has 1 aliphatic rings. The van der Waals surface area contributed by atoms with E-state index in [0.29, 0.717) is 19.0 Å². The second-order valence-electron chi connectivity index (χ2n) is 4.06. The zero-order chi connectivity index (χ0) is 10.6. The molecule has 0 aromatic heterocycles. The fraction of sp³-hybridized carbons (Fsp3) is 1.00. The Morgan fingerprint density at radius 3 is 2.50 bits per heavy atom. The van der Waals surface area contributed by atoms with Crippen molar-refractivity contribution in [2.24, 2.45) is 5.92 Å². The molecule has 84 valence electrons. The van der Waals surface area contributed by atoms with Crippen LogP contribution in [0.2, 0.25) is 0 Å². The summed E-state index contributed by atoms with van der Waals surface area (Å²) in [6.45, 7) is 2.84. The average molecular weight is 220 g/mol. The lowest BCUT2D eigenvalue weighted by atomic mass is 9.86. The SMILES string of the molecule is CNCC(C)S(=O)(=O)NCC1CCC1. The van der Waals surface area contributed by atoms with E-state index in [1.54, 1.807) is 14.0 Å². The second-order valence-corrected chi connectivity index (χ2v) is 6.24. The summed E-state index contributed by atoms with van der Waals surface area (Å²) < 4.78 is 25.9. The van der Waals surface area contributed by atoms with Gasteiger partial charge in [0.15, 0.2) is 0 Å². The Hall–Kier alpha value is -0.130. The van der Waals surface area contributed by atoms with Crippen LogP contribution in [0.3, 0.4) is 0 Å². The zero-order valence-corrected chi connectivity index (χ0v) is 9.73. The highest BCUT2D eigenvalue weighted by molar-refractivity contribution is 7.90. The van der Waals surface area contributed by atoms with Gasteiger partial charge in [-0.2, -0.15) is 0 Å². The summed E-state index contributed by atoms with van der Waals surface area (Å²) in [6, 6.07) is 0. The fourth-order valence-corrected chi connectivity index (χ4v) is 2.61. The third-order valence-electron chi connectivity index (χ3n) is 2.82. The lowest BCUT2D eigenvalue weighted by Crippen LogP contribution is -2.41. The first-order chi connectivity index (χ1) is 6.56. The molecule has 1 rings (SSSR count). The normalized spacial score (nSPS) is 20.4. The van der Waals surface area contributed by atoms with Crippen molar-refractivity contribution in [2.45, 2.75) is 31.4 Å². The Kier molecular flexibility index (Phi) is 4.34. The lowest BCUT2D eigenvalue weighted by Gasteiger charge is -2.26. The topological polar surface area (TPSA) is 58.2 Å². The van der Waals surface area contributed by atoms with Gasteiger partial charge in [0, 0.05) is 13.1 Å². The summed E-state index contributed by atoms with van der Waals surface area (Å²) in [7, 11) is -1.34. The Morgan fingerprint density at radius 1 is 1.43 bits per heavy atom. The molecule has 1 aliphatic carbocycles. The lowest BCUT2D eigenvalue weighted by molar-refractivity contribution is 0.316. The van der Waals surface area contributed by atoms with Crippen LogP contribution in [0.4, 0.5) is 0 Å². The van der Waals surface area contributed by atoms with E-state index in [0.717, 1.165) is 0 Å². The smallest absolute Gasteiger partial charge is 0.215 e. The van der Waals surface area contributed by atoms with Crippen molar-refractivity contribution in [3.63, 3.8) is 0 Å². The first kappa shape index (κ1) is 11.9. The summed E-state index contributed by atoms with van der Waals surface area (Å²) >= 11 is 0. The predicted octanol–water partition coefficient (Wildman–Crippen LogP) is 0.314. The minimum atomic E-state index is -3.11. The summed E-state index contributed by atoms with van der Waals surface area (Å²) in [5.41, 5.74) is 0. The first-order valence-corrected chi connectivity index (χ1v) is 6.74. The molecule has 0 aliphatic heterocycles. The molecule has 4 nitrogen and oxygen atoms in total. The summed E-state index contributed by atoms with van der Waals surface area (Å²) in [5, 5.41) is 2.52. The molecule has 1 fully saturated rings. The minimum Gasteiger partial charge on any atom is -0.318 e. The monoisotopic (exact) mass is 220 g/mol. The van der Waals surface area contributed by atoms with Crippen LogP contribution in [0, 0.1) is 5.92 Å². The number of rotatable bonds is 6. The van der Waals surface area contributed by atoms with Gasteiger partial charge in [-0.1, -0.05) is 6.42 Å². The molecule has 2 N–H and O–H groups in total. The molecule has 1 unspecified atom stereocenters. The van der Waals surface area contributed by atoms with Crippen LogP contribution >= 0.6 is 0 Å². The highest BCUT2D eigenvalue weighted by Gasteiger charge is 2.23. The Bertz CT molecular complexity index is 260. The van der Waals surface area contributed by atoms with Gasteiger partial charge in [0.2, 0.25) is 10.0 Å². The van der Waals surface area contributed by atoms with E-state index in [2.05, 4.69) is 10.0 Å². The maximum atomic E-state index is 11.6. The Morgan fingerprint density at radius 2 is 2.07 bits per heavy atom. The van der Waals surface area contributed by atoms with Crippen molar-refractivity contribution >= 4 is 10.0 Å². The van der Waals surface area contributed by atoms with E-state index in [-0.39, 0.29) is 5.25 Å². The number of sulfonamides is 1. The van der Waals surface area contributed by atoms with Crippen LogP contribution in [0.25, 0.3) is 0 Å². The van der Waals surface area contributed by atoms with Crippen LogP contribution in [-0.4, -0.2) is 33.8 Å². The molecule has 0 bridgehead atoms. The van der Waals surface area contributed by atoms with Gasteiger partial charge in [-0.25, -0.2) is 13.1 Å². The van der Waals surface area contributed by atoms with Crippen LogP contribution in [0.15, 0.2) is 0 Å². The van der Waals surface area contributed by atoms with Crippen LogP contribution < -0.4 is 10.0 Å². The molecular formula is C9H20N2O2S. The number of hydrogen-bond acceptors (Lipinski definition) is 3. The standard InChI is InChI=1S/C9H20N2O2S/c1-8(6-10-2)14(12,13)11-7-9-4-3-5-9/h8-11H,3-7H2,1-2H3. The summed E-state index contributed by atoms with van der Waals surface area (Å²) in [6.07, 6.45) is 3.59. The van der Waals surface area contributed by atoms with Gasteiger partial charge in [-0.05, 0) is 32.7 Å². The molecule has 0 heterocycles. The predicted molar refractivity (Wildman–Crippen MR) is 57.7 cm³/mol. The van der Waals surface area contributed by atoms with Crippen molar-refractivity contribution in [3.8, 4) is 0 Å². The molecule has 1 atom stereocenters. The van der Waals surface area contributed by atoms with E-state index in [1.165, 1.54) is 19.3 Å². The first-order valence-electron chi connectivity index (χ1n) is 5.19. The van der Waals surface area contributed by atoms with Gasteiger partial charge in [-0.3, -0.25) is 0 Å². The van der Waals surface area contributed by atoms with Gasteiger partial charge >= 0.3 is 0 Å². The largest absolute Gasteiger partial charge is 0.318 e. The molecule has 5 heteroatoms. The van der Waals surface area contributed by atoms with Gasteiger partial charge in [0.05, 0.1) is 5.25 Å². The molecule has 1 saturated carbocycles. The highest BCUT2D eigenvalue weighted by atomic mass is 32.2. The van der Waals surface area contributed by atoms with E-state index in [4.69, 9.17) is 0 Å². The Balaban J connectivity index is 2.32. The van der Waals surface area contributed by atoms with Crippen molar-refractivity contribution in [3.05, 3.63) is 0 Å². The summed E-state index contributed by atoms with van der Waals surface area (Å²) in [5.74, 6) is 0.576. The zero-order valence-electron chi connectivity index (χ0n) is 8.91. The number of nitrogens with one attached hydrogen (secondary N) is 2. The van der Waals surface area contributed by atoms with Crippen molar-refractivity contribution in [2.75, 3.05) is 20.1 Å². The highest BCUT2D eigenvalue weighted by Crippen LogP contribution is 2.25. The van der Waals surface area contributed by atoms with Gasteiger partial charge < -0.3 is 5.32 Å². The molecule has 0 radical (unpaired) electrons. The minimum absolute atomic E-state index is 0.354. The van der Waals surface area contributed by atoms with Crippen LogP contribution in [0.1, 0.15) is 26.2 Å². The summed E-state index contributed by atoms with van der Waals surface area (Å²) in [4.78, 5) is 0. The third kappa shape index (κ3) is 3.22. The van der Waals surface area contributed by atoms with Crippen molar-refractivity contribution in [1.82, 2.24) is 10.0 Å². The van der Waals surface area contributed by atoms with E-state index < -0.39 is 10.0 Å². The quantitative estimate of drug-likeness (QED) is 0.677. The maximum Gasteiger partial charge on any atom is 0.215 e. The molecule has 0 aromatic carbocycles. The number of hydrogen-bond donors (Lipinski definition) is 2. The fourth-order valence-electron chi connectivity index (χ4n) is 1.47. The van der Waals surface area contributed by atoms with E-state index >= 15 is 0 Å². The molecular weight excluding hydrogens is 200 g/mol. The molecule has 0 amide bonds. The average Bonchev–Trinajstić information content (AvgIpc) is 2.01. The van der Waals surface area contributed by atoms with Gasteiger partial charge in [0.1, 0.15) is 0 Å². The van der Waals surface area contributed by atoms with Gasteiger partial charge in [-0.15, -0.1) is 0 Å². The van der Waals surface area contributed by atoms with E-state index in [1.807, 2.05) is 0 Å². The second kappa shape index (κ2) is 5.09. The van der Waals surface area contributed by atoms with Crippen molar-refractivity contribution in [1.29, 1.82) is 0 Å². The van der Waals surface area contributed by atoms with Gasteiger partial charge in [0.25, 0.3) is 0 Å².